The maximum atomic E-state index is 12.5. The molecule has 0 atom stereocenters. The van der Waals surface area contributed by atoms with Crippen molar-refractivity contribution >= 4 is 27.3 Å². The molecule has 126 valence electrons. The number of ether oxygens (including phenoxy) is 1. The van der Waals surface area contributed by atoms with Crippen LogP contribution in [0.3, 0.4) is 0 Å². The highest BCUT2D eigenvalue weighted by molar-refractivity contribution is 7.92. The van der Waals surface area contributed by atoms with E-state index in [-0.39, 0.29) is 17.4 Å². The number of rotatable bonds is 4. The minimum atomic E-state index is -3.67. The van der Waals surface area contributed by atoms with Crippen LogP contribution in [0, 0.1) is 6.92 Å². The number of nitrogens with zero attached hydrogens (tertiary/aromatic N) is 1. The van der Waals surface area contributed by atoms with E-state index >= 15 is 0 Å². The predicted octanol–water partition coefficient (Wildman–Crippen LogP) is 2.16. The van der Waals surface area contributed by atoms with Gasteiger partial charge in [0.15, 0.2) is 0 Å². The van der Waals surface area contributed by atoms with Gasteiger partial charge in [0.25, 0.3) is 15.9 Å². The van der Waals surface area contributed by atoms with Crippen molar-refractivity contribution in [3.8, 4) is 0 Å². The van der Waals surface area contributed by atoms with Gasteiger partial charge in [0.2, 0.25) is 0 Å². The summed E-state index contributed by atoms with van der Waals surface area (Å²) >= 11 is 0. The molecular formula is C17H18N2O4S. The van der Waals surface area contributed by atoms with E-state index in [9.17, 15) is 13.2 Å². The molecule has 1 aliphatic rings. The molecule has 1 amide bonds. The third-order valence-corrected chi connectivity index (χ3v) is 5.22. The van der Waals surface area contributed by atoms with Crippen molar-refractivity contribution < 1.29 is 17.9 Å². The number of morpholine rings is 1. The van der Waals surface area contributed by atoms with Crippen molar-refractivity contribution in [1.29, 1.82) is 0 Å². The number of hydrogen-bond donors (Lipinski definition) is 1. The van der Waals surface area contributed by atoms with Crippen LogP contribution in [-0.2, 0) is 19.6 Å². The first kappa shape index (κ1) is 16.5. The van der Waals surface area contributed by atoms with Gasteiger partial charge in [-0.05, 0) is 42.8 Å². The Hall–Kier alpha value is -2.38. The number of carbonyl (C=O) groups excluding carboxylic acids is 1. The van der Waals surface area contributed by atoms with Gasteiger partial charge >= 0.3 is 0 Å². The monoisotopic (exact) mass is 346 g/mol. The van der Waals surface area contributed by atoms with Gasteiger partial charge in [-0.1, -0.05) is 18.2 Å². The smallest absolute Gasteiger partial charge is 0.261 e. The SMILES string of the molecule is Cc1ccccc1NS(=O)(=O)c1ccc(N2CCOCC2=O)cc1. The first-order valence-corrected chi connectivity index (χ1v) is 9.02. The zero-order valence-electron chi connectivity index (χ0n) is 13.2. The molecule has 1 N–H and O–H groups in total. The van der Waals surface area contributed by atoms with Crippen LogP contribution in [-0.4, -0.2) is 34.1 Å². The molecule has 6 nitrogen and oxygen atoms in total. The van der Waals surface area contributed by atoms with Gasteiger partial charge < -0.3 is 9.64 Å². The Labute approximate surface area is 141 Å². The Morgan fingerprint density at radius 2 is 1.79 bits per heavy atom. The summed E-state index contributed by atoms with van der Waals surface area (Å²) in [5, 5.41) is 0. The molecule has 1 aliphatic heterocycles. The first-order valence-electron chi connectivity index (χ1n) is 7.54. The average Bonchev–Trinajstić information content (AvgIpc) is 2.57. The Kier molecular flexibility index (Phi) is 4.55. The molecule has 0 unspecified atom stereocenters. The Morgan fingerprint density at radius 3 is 2.46 bits per heavy atom. The quantitative estimate of drug-likeness (QED) is 0.920. The Bertz CT molecular complexity index is 847. The molecule has 0 aromatic heterocycles. The Morgan fingerprint density at radius 1 is 1.08 bits per heavy atom. The van der Waals surface area contributed by atoms with Crippen molar-refractivity contribution in [3.63, 3.8) is 0 Å². The average molecular weight is 346 g/mol. The number of aryl methyl sites for hydroxylation is 1. The number of benzene rings is 2. The molecular weight excluding hydrogens is 328 g/mol. The van der Waals surface area contributed by atoms with Crippen molar-refractivity contribution in [1.82, 2.24) is 0 Å². The third-order valence-electron chi connectivity index (χ3n) is 3.83. The largest absolute Gasteiger partial charge is 0.370 e. The summed E-state index contributed by atoms with van der Waals surface area (Å²) in [6.07, 6.45) is 0. The Balaban J connectivity index is 1.82. The van der Waals surface area contributed by atoms with Gasteiger partial charge in [0.05, 0.1) is 17.2 Å². The summed E-state index contributed by atoms with van der Waals surface area (Å²) in [6.45, 7) is 2.83. The fraction of sp³-hybridized carbons (Fsp3) is 0.235. The molecule has 0 radical (unpaired) electrons. The first-order chi connectivity index (χ1) is 11.5. The summed E-state index contributed by atoms with van der Waals surface area (Å²) < 4.78 is 32.7. The van der Waals surface area contributed by atoms with Gasteiger partial charge in [-0.2, -0.15) is 0 Å². The molecule has 0 aliphatic carbocycles. The van der Waals surface area contributed by atoms with E-state index in [1.54, 1.807) is 29.2 Å². The second kappa shape index (κ2) is 6.62. The molecule has 1 fully saturated rings. The van der Waals surface area contributed by atoms with Gasteiger partial charge in [-0.25, -0.2) is 8.42 Å². The number of sulfonamides is 1. The molecule has 0 saturated carbocycles. The standard InChI is InChI=1S/C17H18N2O4S/c1-13-4-2-3-5-16(13)18-24(21,22)15-8-6-14(7-9-15)19-10-11-23-12-17(19)20/h2-9,18H,10-12H2,1H3. The summed E-state index contributed by atoms with van der Waals surface area (Å²) in [6, 6.07) is 13.4. The summed E-state index contributed by atoms with van der Waals surface area (Å²) in [5.41, 5.74) is 2.06. The summed E-state index contributed by atoms with van der Waals surface area (Å²) in [4.78, 5) is 13.6. The van der Waals surface area contributed by atoms with E-state index in [4.69, 9.17) is 4.74 Å². The highest BCUT2D eigenvalue weighted by atomic mass is 32.2. The van der Waals surface area contributed by atoms with E-state index in [2.05, 4.69) is 4.72 Å². The lowest BCUT2D eigenvalue weighted by Gasteiger charge is -2.26. The highest BCUT2D eigenvalue weighted by Crippen LogP contribution is 2.22. The molecule has 1 saturated heterocycles. The normalized spacial score (nSPS) is 15.4. The van der Waals surface area contributed by atoms with Crippen LogP contribution in [0.15, 0.2) is 53.4 Å². The minimum Gasteiger partial charge on any atom is -0.370 e. The van der Waals surface area contributed by atoms with E-state index in [1.807, 2.05) is 19.1 Å². The van der Waals surface area contributed by atoms with Crippen LogP contribution in [0.5, 0.6) is 0 Å². The maximum Gasteiger partial charge on any atom is 0.261 e. The minimum absolute atomic E-state index is 0.0505. The van der Waals surface area contributed by atoms with Crippen LogP contribution in [0.25, 0.3) is 0 Å². The number of hydrogen-bond acceptors (Lipinski definition) is 4. The zero-order valence-corrected chi connectivity index (χ0v) is 14.0. The van der Waals surface area contributed by atoms with Crippen molar-refractivity contribution in [3.05, 3.63) is 54.1 Å². The lowest BCUT2D eigenvalue weighted by Crippen LogP contribution is -2.41. The van der Waals surface area contributed by atoms with Crippen LogP contribution in [0.1, 0.15) is 5.56 Å². The van der Waals surface area contributed by atoms with E-state index in [1.165, 1.54) is 12.1 Å². The number of nitrogens with one attached hydrogen (secondary N) is 1. The second-order valence-electron chi connectivity index (χ2n) is 5.51. The molecule has 7 heteroatoms. The lowest BCUT2D eigenvalue weighted by molar-refractivity contribution is -0.125. The fourth-order valence-electron chi connectivity index (χ4n) is 2.49. The van der Waals surface area contributed by atoms with Crippen LogP contribution in [0.4, 0.5) is 11.4 Å². The molecule has 0 spiro atoms. The maximum absolute atomic E-state index is 12.5. The van der Waals surface area contributed by atoms with Gasteiger partial charge in [-0.15, -0.1) is 0 Å². The number of carbonyl (C=O) groups is 1. The van der Waals surface area contributed by atoms with E-state index < -0.39 is 10.0 Å². The summed E-state index contributed by atoms with van der Waals surface area (Å²) in [7, 11) is -3.67. The molecule has 1 heterocycles. The number of anilines is 2. The van der Waals surface area contributed by atoms with Crippen molar-refractivity contribution in [2.45, 2.75) is 11.8 Å². The molecule has 0 bridgehead atoms. The lowest BCUT2D eigenvalue weighted by atomic mass is 10.2. The second-order valence-corrected chi connectivity index (χ2v) is 7.19. The molecule has 2 aromatic carbocycles. The highest BCUT2D eigenvalue weighted by Gasteiger charge is 2.21. The van der Waals surface area contributed by atoms with Gasteiger partial charge in [0, 0.05) is 12.2 Å². The number of para-hydroxylation sites is 1. The third kappa shape index (κ3) is 3.42. The fourth-order valence-corrected chi connectivity index (χ4v) is 3.62. The van der Waals surface area contributed by atoms with E-state index in [0.717, 1.165) is 5.56 Å². The van der Waals surface area contributed by atoms with Crippen LogP contribution < -0.4 is 9.62 Å². The van der Waals surface area contributed by atoms with Gasteiger partial charge in [-0.3, -0.25) is 9.52 Å². The zero-order chi connectivity index (χ0) is 17.2. The van der Waals surface area contributed by atoms with Crippen molar-refractivity contribution in [2.75, 3.05) is 29.4 Å². The molecule has 2 aromatic rings. The molecule has 24 heavy (non-hydrogen) atoms. The van der Waals surface area contributed by atoms with Crippen LogP contribution >= 0.6 is 0 Å². The topological polar surface area (TPSA) is 75.7 Å². The van der Waals surface area contributed by atoms with E-state index in [0.29, 0.717) is 24.5 Å². The molecule has 3 rings (SSSR count). The van der Waals surface area contributed by atoms with Gasteiger partial charge in [0.1, 0.15) is 6.61 Å². The summed E-state index contributed by atoms with van der Waals surface area (Å²) in [5.74, 6) is -0.130. The van der Waals surface area contributed by atoms with Crippen molar-refractivity contribution in [2.24, 2.45) is 0 Å². The van der Waals surface area contributed by atoms with Crippen LogP contribution in [0.2, 0.25) is 0 Å². The number of amides is 1. The predicted molar refractivity (Wildman–Crippen MR) is 91.6 cm³/mol.